The van der Waals surface area contributed by atoms with Crippen molar-refractivity contribution in [1.29, 1.82) is 0 Å². The number of aromatic nitrogens is 2. The zero-order chi connectivity index (χ0) is 7.56. The van der Waals surface area contributed by atoms with E-state index in [9.17, 15) is 0 Å². The molecule has 0 spiro atoms. The molecule has 3 nitrogen and oxygen atoms in total. The highest BCUT2D eigenvalue weighted by molar-refractivity contribution is 5.02. The van der Waals surface area contributed by atoms with Gasteiger partial charge in [-0.25, -0.2) is 0 Å². The van der Waals surface area contributed by atoms with E-state index in [1.54, 1.807) is 0 Å². The zero-order valence-corrected chi connectivity index (χ0v) is 6.41. The third-order valence-corrected chi connectivity index (χ3v) is 1.45. The number of rotatable bonds is 2. The van der Waals surface area contributed by atoms with Crippen LogP contribution in [0.4, 0.5) is 0 Å². The van der Waals surface area contributed by atoms with E-state index in [-0.39, 0.29) is 6.04 Å². The van der Waals surface area contributed by atoms with Crippen LogP contribution in [-0.4, -0.2) is 9.78 Å². The summed E-state index contributed by atoms with van der Waals surface area (Å²) in [6.45, 7) is 4.90. The molecule has 0 aliphatic carbocycles. The smallest absolute Gasteiger partial charge is 0.0788 e. The lowest BCUT2D eigenvalue weighted by atomic mass is 10.3. The van der Waals surface area contributed by atoms with Crippen LogP contribution in [0, 0.1) is 0 Å². The zero-order valence-electron chi connectivity index (χ0n) is 6.41. The monoisotopic (exact) mass is 139 g/mol. The van der Waals surface area contributed by atoms with E-state index in [4.69, 9.17) is 5.73 Å². The van der Waals surface area contributed by atoms with Crippen molar-refractivity contribution in [2.24, 2.45) is 5.73 Å². The van der Waals surface area contributed by atoms with Crippen LogP contribution < -0.4 is 5.73 Å². The lowest BCUT2D eigenvalue weighted by Gasteiger charge is -1.97. The van der Waals surface area contributed by atoms with E-state index < -0.39 is 0 Å². The van der Waals surface area contributed by atoms with E-state index in [0.717, 1.165) is 12.2 Å². The highest BCUT2D eigenvalue weighted by atomic mass is 15.3. The summed E-state index contributed by atoms with van der Waals surface area (Å²) in [5.74, 6) is 0. The van der Waals surface area contributed by atoms with Gasteiger partial charge in [0.05, 0.1) is 5.69 Å². The summed E-state index contributed by atoms with van der Waals surface area (Å²) in [5, 5.41) is 4.22. The number of hydrogen-bond acceptors (Lipinski definition) is 2. The van der Waals surface area contributed by atoms with Crippen molar-refractivity contribution in [2.45, 2.75) is 26.4 Å². The van der Waals surface area contributed by atoms with Gasteiger partial charge >= 0.3 is 0 Å². The maximum atomic E-state index is 5.61. The minimum atomic E-state index is 0.0489. The first-order valence-corrected chi connectivity index (χ1v) is 3.53. The fourth-order valence-electron chi connectivity index (χ4n) is 0.796. The van der Waals surface area contributed by atoms with Crippen LogP contribution in [0.3, 0.4) is 0 Å². The lowest BCUT2D eigenvalue weighted by molar-refractivity contribution is 0.630. The van der Waals surface area contributed by atoms with E-state index in [0.29, 0.717) is 0 Å². The Kier molecular flexibility index (Phi) is 2.06. The van der Waals surface area contributed by atoms with Gasteiger partial charge in [0.1, 0.15) is 0 Å². The Morgan fingerprint density at radius 3 is 2.80 bits per heavy atom. The molecule has 10 heavy (non-hydrogen) atoms. The van der Waals surface area contributed by atoms with E-state index in [2.05, 4.69) is 12.0 Å². The largest absolute Gasteiger partial charge is 0.323 e. The Bertz CT molecular complexity index is 202. The van der Waals surface area contributed by atoms with Crippen LogP contribution in [0.1, 0.15) is 25.6 Å². The molecule has 0 aliphatic rings. The Labute approximate surface area is 60.8 Å². The molecule has 56 valence electrons. The predicted octanol–water partition coefficient (Wildman–Crippen LogP) is 0.923. The first kappa shape index (κ1) is 7.28. The lowest BCUT2D eigenvalue weighted by Crippen LogP contribution is -2.06. The summed E-state index contributed by atoms with van der Waals surface area (Å²) in [4.78, 5) is 0. The number of nitrogens with zero attached hydrogens (tertiary/aromatic N) is 2. The molecule has 1 atom stereocenters. The molecule has 0 saturated carbocycles. The molecule has 0 saturated heterocycles. The summed E-state index contributed by atoms with van der Waals surface area (Å²) in [6, 6.07) is 2.00. The molecule has 0 amide bonds. The van der Waals surface area contributed by atoms with Crippen LogP contribution in [0.25, 0.3) is 0 Å². The third kappa shape index (κ3) is 1.36. The van der Waals surface area contributed by atoms with Crippen molar-refractivity contribution in [3.8, 4) is 0 Å². The van der Waals surface area contributed by atoms with Gasteiger partial charge in [0, 0.05) is 18.8 Å². The highest BCUT2D eigenvalue weighted by Crippen LogP contribution is 2.04. The Morgan fingerprint density at radius 2 is 2.50 bits per heavy atom. The van der Waals surface area contributed by atoms with E-state index >= 15 is 0 Å². The standard InChI is InChI=1S/C7H13N3/c1-3-10-5-4-7(9-10)6(2)8/h4-6H,3,8H2,1-2H3/t6-/m0/s1. The van der Waals surface area contributed by atoms with Crippen LogP contribution in [0.5, 0.6) is 0 Å². The molecule has 0 fully saturated rings. The molecule has 0 bridgehead atoms. The average molecular weight is 139 g/mol. The van der Waals surface area contributed by atoms with Gasteiger partial charge in [0.15, 0.2) is 0 Å². The van der Waals surface area contributed by atoms with Crippen molar-refractivity contribution in [3.05, 3.63) is 18.0 Å². The van der Waals surface area contributed by atoms with Crippen molar-refractivity contribution in [2.75, 3.05) is 0 Å². The second-order valence-corrected chi connectivity index (χ2v) is 2.38. The first-order valence-electron chi connectivity index (χ1n) is 3.53. The molecular formula is C7H13N3. The Balaban J connectivity index is 2.78. The number of hydrogen-bond donors (Lipinski definition) is 1. The van der Waals surface area contributed by atoms with Crippen molar-refractivity contribution < 1.29 is 0 Å². The van der Waals surface area contributed by atoms with E-state index in [1.807, 2.05) is 23.9 Å². The van der Waals surface area contributed by atoms with Gasteiger partial charge in [-0.05, 0) is 19.9 Å². The summed E-state index contributed by atoms with van der Waals surface area (Å²) in [6.07, 6.45) is 1.94. The average Bonchev–Trinajstić information content (AvgIpc) is 2.34. The molecule has 0 aliphatic heterocycles. The van der Waals surface area contributed by atoms with Crippen LogP contribution in [-0.2, 0) is 6.54 Å². The first-order chi connectivity index (χ1) is 4.74. The molecular weight excluding hydrogens is 126 g/mol. The van der Waals surface area contributed by atoms with Gasteiger partial charge in [-0.2, -0.15) is 5.10 Å². The minimum absolute atomic E-state index is 0.0489. The molecule has 1 aromatic rings. The van der Waals surface area contributed by atoms with Gasteiger partial charge in [-0.15, -0.1) is 0 Å². The SMILES string of the molecule is CCn1ccc([C@H](C)N)n1. The second kappa shape index (κ2) is 2.84. The molecule has 1 aromatic heterocycles. The second-order valence-electron chi connectivity index (χ2n) is 2.38. The predicted molar refractivity (Wildman–Crippen MR) is 40.5 cm³/mol. The van der Waals surface area contributed by atoms with Crippen molar-refractivity contribution >= 4 is 0 Å². The van der Waals surface area contributed by atoms with Gasteiger partial charge in [0.25, 0.3) is 0 Å². The van der Waals surface area contributed by atoms with Gasteiger partial charge in [0.2, 0.25) is 0 Å². The molecule has 0 radical (unpaired) electrons. The van der Waals surface area contributed by atoms with Crippen LogP contribution in [0.15, 0.2) is 12.3 Å². The Hall–Kier alpha value is -0.830. The van der Waals surface area contributed by atoms with Gasteiger partial charge in [-0.3, -0.25) is 4.68 Å². The maximum Gasteiger partial charge on any atom is 0.0788 e. The third-order valence-electron chi connectivity index (χ3n) is 1.45. The molecule has 2 N–H and O–H groups in total. The number of nitrogens with two attached hydrogens (primary N) is 1. The fourth-order valence-corrected chi connectivity index (χ4v) is 0.796. The van der Waals surface area contributed by atoms with Crippen molar-refractivity contribution in [3.63, 3.8) is 0 Å². The molecule has 3 heteroatoms. The van der Waals surface area contributed by atoms with Crippen molar-refractivity contribution in [1.82, 2.24) is 9.78 Å². The molecule has 1 heterocycles. The topological polar surface area (TPSA) is 43.8 Å². The van der Waals surface area contributed by atoms with Crippen LogP contribution >= 0.6 is 0 Å². The maximum absolute atomic E-state index is 5.61. The summed E-state index contributed by atoms with van der Waals surface area (Å²) in [5.41, 5.74) is 6.57. The molecule has 0 aromatic carbocycles. The normalized spacial score (nSPS) is 13.5. The fraction of sp³-hybridized carbons (Fsp3) is 0.571. The quantitative estimate of drug-likeness (QED) is 0.662. The summed E-state index contributed by atoms with van der Waals surface area (Å²) < 4.78 is 1.87. The highest BCUT2D eigenvalue weighted by Gasteiger charge is 2.00. The van der Waals surface area contributed by atoms with E-state index in [1.165, 1.54) is 0 Å². The summed E-state index contributed by atoms with van der Waals surface area (Å²) >= 11 is 0. The number of aryl methyl sites for hydroxylation is 1. The van der Waals surface area contributed by atoms with Crippen LogP contribution in [0.2, 0.25) is 0 Å². The molecule has 0 unspecified atom stereocenters. The Morgan fingerprint density at radius 1 is 1.80 bits per heavy atom. The summed E-state index contributed by atoms with van der Waals surface area (Å²) in [7, 11) is 0. The van der Waals surface area contributed by atoms with Gasteiger partial charge < -0.3 is 5.73 Å². The molecule has 1 rings (SSSR count). The van der Waals surface area contributed by atoms with Gasteiger partial charge in [-0.1, -0.05) is 0 Å². The minimum Gasteiger partial charge on any atom is -0.323 e.